The van der Waals surface area contributed by atoms with E-state index in [1.54, 1.807) is 12.5 Å². The Labute approximate surface area is 180 Å². The van der Waals surface area contributed by atoms with Crippen LogP contribution in [0.1, 0.15) is 30.0 Å². The highest BCUT2D eigenvalue weighted by molar-refractivity contribution is 5.72. The van der Waals surface area contributed by atoms with E-state index in [1.807, 2.05) is 19.1 Å². The number of aromatic nitrogens is 4. The highest BCUT2D eigenvalue weighted by atomic mass is 16.5. The van der Waals surface area contributed by atoms with Crippen molar-refractivity contribution in [1.82, 2.24) is 25.1 Å². The number of nitrogens with zero attached hydrogens (tertiary/aromatic N) is 5. The molecule has 2 aliphatic heterocycles. The molecule has 1 aromatic carbocycles. The molecule has 0 amide bonds. The van der Waals surface area contributed by atoms with Crippen molar-refractivity contribution in [3.05, 3.63) is 41.7 Å². The van der Waals surface area contributed by atoms with Crippen molar-refractivity contribution in [2.45, 2.75) is 38.6 Å². The predicted molar refractivity (Wildman–Crippen MR) is 114 cm³/mol. The molecule has 162 valence electrons. The number of rotatable bonds is 6. The molecule has 1 saturated heterocycles. The van der Waals surface area contributed by atoms with Crippen molar-refractivity contribution in [3.63, 3.8) is 0 Å². The first-order valence-corrected chi connectivity index (χ1v) is 10.7. The average molecular weight is 422 g/mol. The van der Waals surface area contributed by atoms with Gasteiger partial charge in [0.2, 0.25) is 5.95 Å². The van der Waals surface area contributed by atoms with Crippen LogP contribution in [-0.2, 0) is 12.8 Å². The summed E-state index contributed by atoms with van der Waals surface area (Å²) in [5.41, 5.74) is 2.79. The normalized spacial score (nSPS) is 18.5. The lowest BCUT2D eigenvalue weighted by atomic mass is 10.0. The second-order valence-electron chi connectivity index (χ2n) is 8.07. The van der Waals surface area contributed by atoms with Crippen LogP contribution in [0.4, 0.5) is 5.95 Å². The van der Waals surface area contributed by atoms with Gasteiger partial charge in [-0.15, -0.1) is 10.2 Å². The highest BCUT2D eigenvalue weighted by Crippen LogP contribution is 2.40. The lowest BCUT2D eigenvalue weighted by Crippen LogP contribution is -2.43. The highest BCUT2D eigenvalue weighted by Gasteiger charge is 2.23. The van der Waals surface area contributed by atoms with Gasteiger partial charge < -0.3 is 24.5 Å². The third-order valence-electron chi connectivity index (χ3n) is 5.93. The number of oxazole rings is 1. The molecule has 2 aromatic heterocycles. The van der Waals surface area contributed by atoms with Gasteiger partial charge in [0.05, 0.1) is 18.5 Å². The fraction of sp³-hybridized carbons (Fsp3) is 0.455. The molecule has 0 spiro atoms. The number of nitrogens with one attached hydrogen (secondary N) is 1. The van der Waals surface area contributed by atoms with E-state index in [1.165, 1.54) is 0 Å². The summed E-state index contributed by atoms with van der Waals surface area (Å²) in [4.78, 5) is 11.2. The predicted octanol–water partition coefficient (Wildman–Crippen LogP) is 2.59. The first kappa shape index (κ1) is 19.7. The summed E-state index contributed by atoms with van der Waals surface area (Å²) < 4.78 is 10.9. The van der Waals surface area contributed by atoms with Crippen molar-refractivity contribution >= 4 is 5.95 Å². The first-order valence-electron chi connectivity index (χ1n) is 10.7. The van der Waals surface area contributed by atoms with Crippen molar-refractivity contribution in [3.8, 4) is 22.8 Å². The van der Waals surface area contributed by atoms with Gasteiger partial charge in [0, 0.05) is 43.1 Å². The Morgan fingerprint density at radius 1 is 1.29 bits per heavy atom. The minimum Gasteiger partial charge on any atom is -0.507 e. The van der Waals surface area contributed by atoms with Gasteiger partial charge in [0.15, 0.2) is 5.89 Å². The van der Waals surface area contributed by atoms with Crippen LogP contribution in [0.3, 0.4) is 0 Å². The zero-order valence-electron chi connectivity index (χ0n) is 17.5. The van der Waals surface area contributed by atoms with Crippen LogP contribution < -0.4 is 10.1 Å². The molecule has 0 radical (unpaired) electrons. The van der Waals surface area contributed by atoms with Gasteiger partial charge in [-0.2, -0.15) is 0 Å². The maximum atomic E-state index is 10.7. The molecule has 0 bridgehead atoms. The molecule has 4 heterocycles. The lowest BCUT2D eigenvalue weighted by Gasteiger charge is -2.32. The number of piperidine rings is 1. The molecule has 0 aliphatic carbocycles. The minimum absolute atomic E-state index is 0.212. The molecule has 1 atom stereocenters. The SMILES string of the molecule is Cc1nc(N[C@@H]2CCCN(CCc3ncco3)C2)nnc1-c1ccc2c(c1O)CCO2. The Kier molecular flexibility index (Phi) is 5.42. The van der Waals surface area contributed by atoms with Gasteiger partial charge in [-0.1, -0.05) is 0 Å². The van der Waals surface area contributed by atoms with Crippen LogP contribution in [-0.4, -0.2) is 62.5 Å². The Morgan fingerprint density at radius 3 is 3.06 bits per heavy atom. The van der Waals surface area contributed by atoms with Crippen LogP contribution in [0.25, 0.3) is 11.3 Å². The zero-order chi connectivity index (χ0) is 21.2. The second kappa shape index (κ2) is 8.50. The maximum absolute atomic E-state index is 10.7. The molecular formula is C22H26N6O3. The van der Waals surface area contributed by atoms with E-state index in [0.717, 1.165) is 61.8 Å². The molecule has 9 heteroatoms. The number of likely N-dealkylation sites (tertiary alicyclic amines) is 1. The Balaban J connectivity index is 1.25. The molecule has 0 unspecified atom stereocenters. The van der Waals surface area contributed by atoms with E-state index in [4.69, 9.17) is 9.15 Å². The molecule has 3 aromatic rings. The van der Waals surface area contributed by atoms with Crippen LogP contribution in [0.5, 0.6) is 11.5 Å². The quantitative estimate of drug-likeness (QED) is 0.619. The van der Waals surface area contributed by atoms with Gasteiger partial charge in [0.1, 0.15) is 23.5 Å². The molecule has 2 N–H and O–H groups in total. The fourth-order valence-electron chi connectivity index (χ4n) is 4.35. The van der Waals surface area contributed by atoms with Gasteiger partial charge in [-0.25, -0.2) is 9.97 Å². The molecule has 1 fully saturated rings. The number of anilines is 1. The van der Waals surface area contributed by atoms with E-state index in [9.17, 15) is 5.11 Å². The third-order valence-corrected chi connectivity index (χ3v) is 5.93. The summed E-state index contributed by atoms with van der Waals surface area (Å²) in [7, 11) is 0. The van der Waals surface area contributed by atoms with Gasteiger partial charge in [-0.05, 0) is 38.4 Å². The average Bonchev–Trinajstić information content (AvgIpc) is 3.46. The number of aromatic hydroxyl groups is 1. The fourth-order valence-corrected chi connectivity index (χ4v) is 4.35. The number of hydrogen-bond acceptors (Lipinski definition) is 9. The standard InChI is InChI=1S/C22H26N6O3/c1-14-20(17-4-5-18-16(21(17)29)7-11-30-18)26-27-22(24-14)25-15-3-2-9-28(13-15)10-6-19-23-8-12-31-19/h4-5,8,12,15,29H,2-3,6-7,9-11,13H2,1H3,(H,24,25,27)/t15-/m1/s1. The lowest BCUT2D eigenvalue weighted by molar-refractivity contribution is 0.213. The molecule has 9 nitrogen and oxygen atoms in total. The van der Waals surface area contributed by atoms with Gasteiger partial charge >= 0.3 is 0 Å². The van der Waals surface area contributed by atoms with E-state index < -0.39 is 0 Å². The summed E-state index contributed by atoms with van der Waals surface area (Å²) in [6.07, 6.45) is 6.97. The van der Waals surface area contributed by atoms with Gasteiger partial charge in [-0.3, -0.25) is 0 Å². The zero-order valence-corrected chi connectivity index (χ0v) is 17.5. The number of phenolic OH excluding ortho intramolecular Hbond substituents is 1. The molecule has 5 rings (SSSR count). The molecule has 31 heavy (non-hydrogen) atoms. The smallest absolute Gasteiger partial charge is 0.243 e. The monoisotopic (exact) mass is 422 g/mol. The summed E-state index contributed by atoms with van der Waals surface area (Å²) in [5.74, 6) is 2.24. The number of benzene rings is 1. The number of phenols is 1. The van der Waals surface area contributed by atoms with Crippen molar-refractivity contribution < 1.29 is 14.3 Å². The van der Waals surface area contributed by atoms with E-state index in [0.29, 0.717) is 30.2 Å². The third kappa shape index (κ3) is 4.18. The van der Waals surface area contributed by atoms with Crippen LogP contribution in [0.2, 0.25) is 0 Å². The van der Waals surface area contributed by atoms with Crippen molar-refractivity contribution in [2.24, 2.45) is 0 Å². The van der Waals surface area contributed by atoms with Crippen molar-refractivity contribution in [1.29, 1.82) is 0 Å². The molecular weight excluding hydrogens is 396 g/mol. The maximum Gasteiger partial charge on any atom is 0.243 e. The van der Waals surface area contributed by atoms with Crippen LogP contribution in [0, 0.1) is 6.92 Å². The molecule has 2 aliphatic rings. The Morgan fingerprint density at radius 2 is 2.23 bits per heavy atom. The first-order chi connectivity index (χ1) is 15.2. The largest absolute Gasteiger partial charge is 0.507 e. The second-order valence-corrected chi connectivity index (χ2v) is 8.07. The molecule has 0 saturated carbocycles. The number of fused-ring (bicyclic) bond motifs is 1. The summed E-state index contributed by atoms with van der Waals surface area (Å²) in [6.45, 7) is 5.38. The van der Waals surface area contributed by atoms with Crippen LogP contribution in [0.15, 0.2) is 29.0 Å². The van der Waals surface area contributed by atoms with Crippen LogP contribution >= 0.6 is 0 Å². The summed E-state index contributed by atoms with van der Waals surface area (Å²) >= 11 is 0. The Bertz CT molecular complexity index is 1060. The summed E-state index contributed by atoms with van der Waals surface area (Å²) in [6, 6.07) is 3.95. The van der Waals surface area contributed by atoms with E-state index in [-0.39, 0.29) is 11.8 Å². The number of aryl methyl sites for hydroxylation is 1. The number of ether oxygens (including phenoxy) is 1. The van der Waals surface area contributed by atoms with Crippen molar-refractivity contribution in [2.75, 3.05) is 31.6 Å². The Hall–Kier alpha value is -3.20. The van der Waals surface area contributed by atoms with E-state index in [2.05, 4.69) is 30.4 Å². The summed E-state index contributed by atoms with van der Waals surface area (Å²) in [5, 5.41) is 22.8. The topological polar surface area (TPSA) is 109 Å². The van der Waals surface area contributed by atoms with E-state index >= 15 is 0 Å². The minimum atomic E-state index is 0.212. The number of hydrogen-bond donors (Lipinski definition) is 2. The van der Waals surface area contributed by atoms with Gasteiger partial charge in [0.25, 0.3) is 0 Å².